The van der Waals surface area contributed by atoms with Crippen LogP contribution in [0.4, 0.5) is 19.0 Å². The van der Waals surface area contributed by atoms with Crippen LogP contribution in [-0.2, 0) is 15.8 Å². The number of alkyl halides is 3. The maximum atomic E-state index is 13.0. The second-order valence-corrected chi connectivity index (χ2v) is 5.34. The van der Waals surface area contributed by atoms with Gasteiger partial charge in [0.05, 0.1) is 13.2 Å². The summed E-state index contributed by atoms with van der Waals surface area (Å²) < 4.78 is 44.3. The van der Waals surface area contributed by atoms with Gasteiger partial charge in [-0.15, -0.1) is 0 Å². The van der Waals surface area contributed by atoms with E-state index in [1.165, 1.54) is 24.5 Å². The number of halogens is 3. The maximum absolute atomic E-state index is 13.0. The van der Waals surface area contributed by atoms with Crippen LogP contribution in [0.2, 0.25) is 0 Å². The Hall–Kier alpha value is -2.26. The zero-order chi connectivity index (χ0) is 17.0. The molecule has 0 saturated carbocycles. The number of hydrogen-bond donors (Lipinski definition) is 1. The number of aromatic nitrogens is 3. The highest BCUT2D eigenvalue weighted by Gasteiger charge is 2.34. The van der Waals surface area contributed by atoms with Crippen LogP contribution in [0.1, 0.15) is 12.1 Å². The van der Waals surface area contributed by atoms with Crippen LogP contribution in [0, 0.1) is 5.92 Å². The van der Waals surface area contributed by atoms with Gasteiger partial charge in [0.15, 0.2) is 17.3 Å². The van der Waals surface area contributed by atoms with Crippen molar-refractivity contribution in [3.05, 3.63) is 36.3 Å². The van der Waals surface area contributed by atoms with E-state index in [1.807, 2.05) is 0 Å². The largest absolute Gasteiger partial charge is 0.433 e. The zero-order valence-corrected chi connectivity index (χ0v) is 12.6. The van der Waals surface area contributed by atoms with E-state index >= 15 is 0 Å². The Balaban J connectivity index is 1.79. The number of rotatable bonds is 5. The fraction of sp³-hybridized carbons (Fsp3) is 0.400. The van der Waals surface area contributed by atoms with Crippen molar-refractivity contribution in [1.82, 2.24) is 15.0 Å². The van der Waals surface area contributed by atoms with Crippen molar-refractivity contribution >= 4 is 5.82 Å². The first-order chi connectivity index (χ1) is 11.5. The molecule has 24 heavy (non-hydrogen) atoms. The number of pyridine rings is 1. The number of nitrogens with zero attached hydrogens (tertiary/aromatic N) is 3. The Kier molecular flexibility index (Phi) is 4.91. The molecule has 1 unspecified atom stereocenters. The predicted molar refractivity (Wildman–Crippen MR) is 78.8 cm³/mol. The van der Waals surface area contributed by atoms with E-state index in [2.05, 4.69) is 20.4 Å². The quantitative estimate of drug-likeness (QED) is 0.844. The van der Waals surface area contributed by atoms with Gasteiger partial charge in [0, 0.05) is 36.5 Å². The molecule has 1 fully saturated rings. The molecule has 2 aromatic heterocycles. The molecule has 6 nitrogen and oxygen atoms in total. The van der Waals surface area contributed by atoms with Crippen LogP contribution in [-0.4, -0.2) is 34.8 Å². The van der Waals surface area contributed by atoms with Crippen LogP contribution in [0.25, 0.3) is 11.4 Å². The molecule has 1 atom stereocenters. The number of hydrogen-bond acceptors (Lipinski definition) is 6. The van der Waals surface area contributed by atoms with E-state index in [4.69, 9.17) is 9.57 Å². The van der Waals surface area contributed by atoms with Gasteiger partial charge < -0.3 is 4.74 Å². The van der Waals surface area contributed by atoms with Crippen molar-refractivity contribution in [1.29, 1.82) is 0 Å². The summed E-state index contributed by atoms with van der Waals surface area (Å²) in [6.07, 6.45) is -0.798. The van der Waals surface area contributed by atoms with Gasteiger partial charge >= 0.3 is 6.18 Å². The monoisotopic (exact) mass is 340 g/mol. The van der Waals surface area contributed by atoms with E-state index in [-0.39, 0.29) is 17.6 Å². The number of ether oxygens (including phenoxy) is 1. The van der Waals surface area contributed by atoms with Crippen molar-refractivity contribution < 1.29 is 22.7 Å². The number of anilines is 1. The summed E-state index contributed by atoms with van der Waals surface area (Å²) in [4.78, 5) is 16.7. The second kappa shape index (κ2) is 7.10. The Morgan fingerprint density at radius 1 is 1.25 bits per heavy atom. The standard InChI is InChI=1S/C15H15F3N4O2/c16-15(17,18)12-7-13(22-24-9-10-3-6-23-8-10)21-14(20-12)11-1-4-19-5-2-11/h1-2,4-5,7,10H,3,6,8-9H2,(H,20,21,22). The summed E-state index contributed by atoms with van der Waals surface area (Å²) in [6.45, 7) is 1.59. The molecule has 1 saturated heterocycles. The molecule has 0 bridgehead atoms. The average molecular weight is 340 g/mol. The first-order valence-electron chi connectivity index (χ1n) is 7.34. The molecule has 0 spiro atoms. The van der Waals surface area contributed by atoms with Gasteiger partial charge in [0.1, 0.15) is 0 Å². The average Bonchev–Trinajstić information content (AvgIpc) is 3.08. The highest BCUT2D eigenvalue weighted by molar-refractivity contribution is 5.56. The van der Waals surface area contributed by atoms with E-state index in [9.17, 15) is 13.2 Å². The topological polar surface area (TPSA) is 69.2 Å². The van der Waals surface area contributed by atoms with Crippen LogP contribution in [0.15, 0.2) is 30.6 Å². The first kappa shape index (κ1) is 16.6. The van der Waals surface area contributed by atoms with Crippen molar-refractivity contribution in [3.8, 4) is 11.4 Å². The Bertz CT molecular complexity index is 676. The molecule has 1 N–H and O–H groups in total. The fourth-order valence-corrected chi connectivity index (χ4v) is 2.22. The summed E-state index contributed by atoms with van der Waals surface area (Å²) in [6, 6.07) is 3.89. The predicted octanol–water partition coefficient (Wildman–Crippen LogP) is 2.94. The summed E-state index contributed by atoms with van der Waals surface area (Å²) in [5.74, 6) is 0.117. The Morgan fingerprint density at radius 3 is 2.71 bits per heavy atom. The molecule has 128 valence electrons. The smallest absolute Gasteiger partial charge is 0.381 e. The lowest BCUT2D eigenvalue weighted by molar-refractivity contribution is -0.141. The summed E-state index contributed by atoms with van der Waals surface area (Å²) in [5.41, 5.74) is 1.86. The molecule has 9 heteroatoms. The van der Waals surface area contributed by atoms with E-state index < -0.39 is 11.9 Å². The lowest BCUT2D eigenvalue weighted by Gasteiger charge is -2.13. The molecule has 3 rings (SSSR count). The highest BCUT2D eigenvalue weighted by atomic mass is 19.4. The van der Waals surface area contributed by atoms with Crippen molar-refractivity contribution in [3.63, 3.8) is 0 Å². The zero-order valence-electron chi connectivity index (χ0n) is 12.6. The molecule has 0 radical (unpaired) electrons. The third-order valence-corrected chi connectivity index (χ3v) is 3.47. The SMILES string of the molecule is FC(F)(F)c1cc(NOCC2CCOC2)nc(-c2ccncc2)n1. The van der Waals surface area contributed by atoms with Gasteiger partial charge in [0.2, 0.25) is 0 Å². The molecule has 0 amide bonds. The van der Waals surface area contributed by atoms with Crippen molar-refractivity contribution in [2.45, 2.75) is 12.6 Å². The molecule has 0 aromatic carbocycles. The van der Waals surface area contributed by atoms with Crippen LogP contribution >= 0.6 is 0 Å². The summed E-state index contributed by atoms with van der Waals surface area (Å²) in [7, 11) is 0. The molecule has 2 aromatic rings. The van der Waals surface area contributed by atoms with E-state index in [1.54, 1.807) is 0 Å². The molecular formula is C15H15F3N4O2. The van der Waals surface area contributed by atoms with Crippen LogP contribution in [0.3, 0.4) is 0 Å². The number of nitrogens with one attached hydrogen (secondary N) is 1. The van der Waals surface area contributed by atoms with E-state index in [0.29, 0.717) is 25.4 Å². The van der Waals surface area contributed by atoms with Gasteiger partial charge in [0.25, 0.3) is 0 Å². The molecule has 3 heterocycles. The molecule has 0 aliphatic carbocycles. The minimum absolute atomic E-state index is 0.0527. The van der Waals surface area contributed by atoms with Crippen LogP contribution in [0.5, 0.6) is 0 Å². The summed E-state index contributed by atoms with van der Waals surface area (Å²) in [5, 5.41) is 0. The van der Waals surface area contributed by atoms with Gasteiger partial charge in [-0.3, -0.25) is 9.82 Å². The van der Waals surface area contributed by atoms with Gasteiger partial charge in [-0.1, -0.05) is 0 Å². The van der Waals surface area contributed by atoms with Crippen molar-refractivity contribution in [2.75, 3.05) is 25.3 Å². The second-order valence-electron chi connectivity index (χ2n) is 5.34. The van der Waals surface area contributed by atoms with Crippen LogP contribution < -0.4 is 5.48 Å². The van der Waals surface area contributed by atoms with Gasteiger partial charge in [-0.25, -0.2) is 15.4 Å². The Morgan fingerprint density at radius 2 is 2.04 bits per heavy atom. The molecular weight excluding hydrogens is 325 g/mol. The Labute approximate surface area is 136 Å². The minimum Gasteiger partial charge on any atom is -0.381 e. The molecule has 1 aliphatic heterocycles. The van der Waals surface area contributed by atoms with Crippen molar-refractivity contribution in [2.24, 2.45) is 5.92 Å². The van der Waals surface area contributed by atoms with Gasteiger partial charge in [-0.05, 0) is 18.6 Å². The first-order valence-corrected chi connectivity index (χ1v) is 7.34. The lowest BCUT2D eigenvalue weighted by Crippen LogP contribution is -2.15. The van der Waals surface area contributed by atoms with Gasteiger partial charge in [-0.2, -0.15) is 13.2 Å². The summed E-state index contributed by atoms with van der Waals surface area (Å²) >= 11 is 0. The fourth-order valence-electron chi connectivity index (χ4n) is 2.22. The molecule has 1 aliphatic rings. The van der Waals surface area contributed by atoms with E-state index in [0.717, 1.165) is 12.5 Å². The maximum Gasteiger partial charge on any atom is 0.433 e. The normalized spacial score (nSPS) is 17.9. The third-order valence-electron chi connectivity index (χ3n) is 3.47. The lowest BCUT2D eigenvalue weighted by atomic mass is 10.1. The minimum atomic E-state index is -4.58. The third kappa shape index (κ3) is 4.18. The highest BCUT2D eigenvalue weighted by Crippen LogP contribution is 2.30.